The molecule has 7 heteroatoms. The van der Waals surface area contributed by atoms with E-state index >= 15 is 0 Å². The highest BCUT2D eigenvalue weighted by atomic mass is 16.5. The Balaban J connectivity index is 2.52. The van der Waals surface area contributed by atoms with Gasteiger partial charge in [-0.2, -0.15) is 0 Å². The molecule has 1 aliphatic heterocycles. The van der Waals surface area contributed by atoms with Crippen LogP contribution in [0.4, 0.5) is 0 Å². The zero-order chi connectivity index (χ0) is 15.1. The highest BCUT2D eigenvalue weighted by Gasteiger charge is 2.48. The van der Waals surface area contributed by atoms with Crippen LogP contribution in [0.2, 0.25) is 0 Å². The van der Waals surface area contributed by atoms with E-state index < -0.39 is 23.0 Å². The summed E-state index contributed by atoms with van der Waals surface area (Å²) < 4.78 is 7.19. The molecular weight excluding hydrogens is 262 g/mol. The van der Waals surface area contributed by atoms with Gasteiger partial charge < -0.3 is 9.84 Å². The third kappa shape index (κ3) is 2.32. The number of aromatic nitrogens is 2. The van der Waals surface area contributed by atoms with Crippen LogP contribution in [-0.4, -0.2) is 51.9 Å². The quantitative estimate of drug-likeness (QED) is 0.777. The molecule has 2 N–H and O–H groups in total. The molecule has 0 spiro atoms. The molecule has 0 aliphatic carbocycles. The molecule has 0 saturated carbocycles. The van der Waals surface area contributed by atoms with E-state index in [9.17, 15) is 14.7 Å². The first kappa shape index (κ1) is 15.0. The van der Waals surface area contributed by atoms with Crippen molar-refractivity contribution in [2.45, 2.75) is 38.1 Å². The average molecular weight is 283 g/mol. The molecule has 0 unspecified atom stereocenters. The average Bonchev–Trinajstić information content (AvgIpc) is 2.72. The second kappa shape index (κ2) is 5.16. The molecule has 0 aromatic carbocycles. The van der Waals surface area contributed by atoms with Crippen molar-refractivity contribution >= 4 is 0 Å². The monoisotopic (exact) mass is 283 g/mol. The summed E-state index contributed by atoms with van der Waals surface area (Å²) in [5.74, 6) is 0. The van der Waals surface area contributed by atoms with Crippen molar-refractivity contribution in [2.24, 2.45) is 0 Å². The molecule has 2 heterocycles. The van der Waals surface area contributed by atoms with Gasteiger partial charge in [-0.15, -0.1) is 0 Å². The number of hydrogen-bond acceptors (Lipinski definition) is 5. The summed E-state index contributed by atoms with van der Waals surface area (Å²) in [6.07, 6.45) is 1.23. The van der Waals surface area contributed by atoms with E-state index in [2.05, 4.69) is 4.98 Å². The van der Waals surface area contributed by atoms with Gasteiger partial charge in [0, 0.05) is 11.8 Å². The van der Waals surface area contributed by atoms with E-state index in [4.69, 9.17) is 4.74 Å². The summed E-state index contributed by atoms with van der Waals surface area (Å²) in [5.41, 5.74) is -0.893. The molecule has 0 amide bonds. The third-order valence-electron chi connectivity index (χ3n) is 4.12. The lowest BCUT2D eigenvalue weighted by molar-refractivity contribution is -0.0599. The number of nitrogens with zero attached hydrogens (tertiary/aromatic N) is 2. The molecule has 20 heavy (non-hydrogen) atoms. The lowest BCUT2D eigenvalue weighted by Gasteiger charge is -2.37. The number of hydrogen-bond donors (Lipinski definition) is 2. The molecule has 1 aromatic rings. The van der Waals surface area contributed by atoms with Crippen LogP contribution in [0, 0.1) is 6.92 Å². The second-order valence-electron chi connectivity index (χ2n) is 5.73. The molecule has 1 aromatic heterocycles. The van der Waals surface area contributed by atoms with Crippen molar-refractivity contribution in [1.82, 2.24) is 14.5 Å². The van der Waals surface area contributed by atoms with E-state index in [1.54, 1.807) is 6.92 Å². The van der Waals surface area contributed by atoms with Gasteiger partial charge in [-0.25, -0.2) is 4.79 Å². The van der Waals surface area contributed by atoms with E-state index in [0.29, 0.717) is 12.0 Å². The normalized spacial score (nSPS) is 30.1. The van der Waals surface area contributed by atoms with Crippen LogP contribution in [-0.2, 0) is 4.74 Å². The minimum Gasteiger partial charge on any atom is -0.394 e. The Labute approximate surface area is 116 Å². The summed E-state index contributed by atoms with van der Waals surface area (Å²) in [6, 6.07) is 0. The summed E-state index contributed by atoms with van der Waals surface area (Å²) in [6.45, 7) is 3.51. The van der Waals surface area contributed by atoms with Crippen LogP contribution >= 0.6 is 0 Å². The number of aliphatic hydroxyl groups is 1. The van der Waals surface area contributed by atoms with Gasteiger partial charge in [0.15, 0.2) is 6.23 Å². The first-order chi connectivity index (χ1) is 9.29. The maximum Gasteiger partial charge on any atom is 0.330 e. The van der Waals surface area contributed by atoms with Crippen molar-refractivity contribution in [1.29, 1.82) is 0 Å². The fourth-order valence-corrected chi connectivity index (χ4v) is 2.58. The fourth-order valence-electron chi connectivity index (χ4n) is 2.58. The molecule has 2 rings (SSSR count). The molecule has 3 atom stereocenters. The Bertz CT molecular complexity index is 606. The number of likely N-dealkylation sites (N-methyl/N-ethyl adjacent to an activating group) is 1. The number of aliphatic hydroxyl groups excluding tert-OH is 1. The number of aromatic amines is 1. The third-order valence-corrected chi connectivity index (χ3v) is 4.12. The van der Waals surface area contributed by atoms with Crippen LogP contribution in [0.1, 0.15) is 25.1 Å². The number of aryl methyl sites for hydroxylation is 1. The lowest BCUT2D eigenvalue weighted by Crippen LogP contribution is -2.49. The van der Waals surface area contributed by atoms with Crippen LogP contribution in [0.5, 0.6) is 0 Å². The minimum atomic E-state index is -0.558. The predicted molar refractivity (Wildman–Crippen MR) is 73.8 cm³/mol. The first-order valence-corrected chi connectivity index (χ1v) is 6.55. The summed E-state index contributed by atoms with van der Waals surface area (Å²) in [4.78, 5) is 27.8. The number of ether oxygens (including phenoxy) is 1. The van der Waals surface area contributed by atoms with E-state index in [1.165, 1.54) is 10.8 Å². The highest BCUT2D eigenvalue weighted by molar-refractivity contribution is 5.05. The SMILES string of the molecule is Cc1cn([C@@H]2O[C@H](CO)C[C@@]2(C)N(C)C)c(=O)[nH]c1=O. The van der Waals surface area contributed by atoms with Crippen molar-refractivity contribution in [2.75, 3.05) is 20.7 Å². The second-order valence-corrected chi connectivity index (χ2v) is 5.73. The summed E-state index contributed by atoms with van der Waals surface area (Å²) in [5, 5.41) is 9.32. The maximum atomic E-state index is 12.0. The van der Waals surface area contributed by atoms with Crippen LogP contribution < -0.4 is 11.2 Å². The zero-order valence-corrected chi connectivity index (χ0v) is 12.2. The molecule has 0 bridgehead atoms. The van der Waals surface area contributed by atoms with Crippen LogP contribution in [0.3, 0.4) is 0 Å². The standard InChI is InChI=1S/C13H21N3O4/c1-8-6-16(12(19)14-10(8)18)11-13(2,15(3)4)5-9(7-17)20-11/h6,9,11,17H,5,7H2,1-4H3,(H,14,18,19)/t9-,11+,13+/m0/s1. The Morgan fingerprint density at radius 2 is 2.20 bits per heavy atom. The van der Waals surface area contributed by atoms with E-state index in [1.807, 2.05) is 25.9 Å². The molecule has 112 valence electrons. The van der Waals surface area contributed by atoms with Gasteiger partial charge in [-0.05, 0) is 34.4 Å². The van der Waals surface area contributed by atoms with Crippen molar-refractivity contribution in [3.63, 3.8) is 0 Å². The van der Waals surface area contributed by atoms with Crippen LogP contribution in [0.25, 0.3) is 0 Å². The predicted octanol–water partition coefficient (Wildman–Crippen LogP) is -0.555. The number of H-pyrrole nitrogens is 1. The Kier molecular flexibility index (Phi) is 3.86. The largest absolute Gasteiger partial charge is 0.394 e. The molecule has 1 saturated heterocycles. The van der Waals surface area contributed by atoms with Gasteiger partial charge >= 0.3 is 5.69 Å². The summed E-state index contributed by atoms with van der Waals surface area (Å²) >= 11 is 0. The van der Waals surface area contributed by atoms with Crippen molar-refractivity contribution in [3.05, 3.63) is 32.6 Å². The fraction of sp³-hybridized carbons (Fsp3) is 0.692. The Morgan fingerprint density at radius 3 is 2.75 bits per heavy atom. The maximum absolute atomic E-state index is 12.0. The Morgan fingerprint density at radius 1 is 1.55 bits per heavy atom. The highest BCUT2D eigenvalue weighted by Crippen LogP contribution is 2.40. The topological polar surface area (TPSA) is 87.6 Å². The first-order valence-electron chi connectivity index (χ1n) is 6.55. The zero-order valence-electron chi connectivity index (χ0n) is 12.2. The lowest BCUT2D eigenvalue weighted by atomic mass is 9.94. The van der Waals surface area contributed by atoms with Crippen LogP contribution in [0.15, 0.2) is 15.8 Å². The molecular formula is C13H21N3O4. The Hall–Kier alpha value is -1.44. The molecule has 1 fully saturated rings. The van der Waals surface area contributed by atoms with Crippen molar-refractivity contribution < 1.29 is 9.84 Å². The van der Waals surface area contributed by atoms with Crippen molar-refractivity contribution in [3.8, 4) is 0 Å². The number of nitrogens with one attached hydrogen (secondary N) is 1. The smallest absolute Gasteiger partial charge is 0.330 e. The van der Waals surface area contributed by atoms with E-state index in [0.717, 1.165) is 0 Å². The van der Waals surface area contributed by atoms with Gasteiger partial charge in [0.1, 0.15) is 0 Å². The van der Waals surface area contributed by atoms with E-state index in [-0.39, 0.29) is 12.7 Å². The number of rotatable bonds is 3. The minimum absolute atomic E-state index is 0.100. The molecule has 1 aliphatic rings. The summed E-state index contributed by atoms with van der Waals surface area (Å²) in [7, 11) is 3.80. The van der Waals surface area contributed by atoms with Gasteiger partial charge in [-0.1, -0.05) is 0 Å². The van der Waals surface area contributed by atoms with Gasteiger partial charge in [0.25, 0.3) is 5.56 Å². The van der Waals surface area contributed by atoms with Gasteiger partial charge in [0.2, 0.25) is 0 Å². The van der Waals surface area contributed by atoms with Gasteiger partial charge in [0.05, 0.1) is 18.2 Å². The molecule has 7 nitrogen and oxygen atoms in total. The van der Waals surface area contributed by atoms with Gasteiger partial charge in [-0.3, -0.25) is 19.2 Å². The molecule has 0 radical (unpaired) electrons.